The lowest BCUT2D eigenvalue weighted by Crippen LogP contribution is -2.52. The van der Waals surface area contributed by atoms with Gasteiger partial charge in [-0.15, -0.1) is 0 Å². The summed E-state index contributed by atoms with van der Waals surface area (Å²) in [5, 5.41) is 0. The van der Waals surface area contributed by atoms with Crippen LogP contribution in [-0.4, -0.2) is 181 Å². The minimum absolute atomic E-state index is 0. The van der Waals surface area contributed by atoms with Crippen molar-refractivity contribution in [2.45, 2.75) is 160 Å². The lowest BCUT2D eigenvalue weighted by Gasteiger charge is -2.38. The molecule has 5 heterocycles. The van der Waals surface area contributed by atoms with Crippen molar-refractivity contribution in [3.05, 3.63) is 59.7 Å². The Bertz CT molecular complexity index is 1670. The zero-order valence-corrected chi connectivity index (χ0v) is 49.2. The predicted molar refractivity (Wildman–Crippen MR) is 296 cm³/mol. The van der Waals surface area contributed by atoms with Crippen LogP contribution in [0.5, 0.6) is 11.5 Å². The monoisotopic (exact) mass is 1090 g/mol. The first kappa shape index (κ1) is 63.0. The molecule has 424 valence electrons. The van der Waals surface area contributed by atoms with Crippen molar-refractivity contribution in [1.82, 2.24) is 0 Å². The molecule has 0 aromatic heterocycles. The number of benzene rings is 2. The third kappa shape index (κ3) is 29.2. The molecule has 6 aliphatic rings. The molecule has 2 aromatic rings. The van der Waals surface area contributed by atoms with Crippen LogP contribution in [0.4, 0.5) is 0 Å². The Balaban J connectivity index is 0.000000221. The molecule has 0 radical (unpaired) electrons. The summed E-state index contributed by atoms with van der Waals surface area (Å²) >= 11 is 0. The van der Waals surface area contributed by atoms with Gasteiger partial charge in [0, 0.05) is 51.3 Å². The van der Waals surface area contributed by atoms with E-state index < -0.39 is 25.2 Å². The van der Waals surface area contributed by atoms with Gasteiger partial charge in [-0.1, -0.05) is 45.5 Å². The highest BCUT2D eigenvalue weighted by molar-refractivity contribution is 6.87. The molecule has 5 saturated heterocycles. The molecule has 0 spiro atoms. The highest BCUT2D eigenvalue weighted by Gasteiger charge is 2.39. The van der Waals surface area contributed by atoms with E-state index in [0.717, 1.165) is 128 Å². The lowest BCUT2D eigenvalue weighted by atomic mass is 9.78. The van der Waals surface area contributed by atoms with E-state index in [1.807, 2.05) is 6.92 Å². The van der Waals surface area contributed by atoms with Gasteiger partial charge < -0.3 is 69.8 Å². The van der Waals surface area contributed by atoms with Crippen LogP contribution in [0.25, 0.3) is 0 Å². The normalized spacial score (nSPS) is 22.0. The highest BCUT2D eigenvalue weighted by atomic mass is 28.5. The molecule has 2 aromatic carbocycles. The van der Waals surface area contributed by atoms with Gasteiger partial charge in [0.2, 0.25) is 0 Å². The number of epoxide rings is 5. The molecule has 0 bridgehead atoms. The van der Waals surface area contributed by atoms with E-state index in [1.165, 1.54) is 24.0 Å². The van der Waals surface area contributed by atoms with E-state index in [0.29, 0.717) is 76.8 Å². The highest BCUT2D eigenvalue weighted by Crippen LogP contribution is 2.34. The first-order chi connectivity index (χ1) is 35.0. The topological polar surface area (TPSA) is 155 Å². The largest absolute Gasteiger partial charge is 0.494 e. The standard InChI is InChI=1S/C28H38O5.C18H40O6Si3.C9H16O4.CH4/c1-28(2,23-7-11-25(12-8-23)31-17-3-15-29-19-22-5-6-22)24-9-13-26(14-10-24)32-18-4-16-30-20-27-21-33-27;1-25(2,11-7-9-19-13-17-15-21-17)23-27(5,6)24-26(3,4)12-8-10-20-14-18-16-22-18;1-7(11-4-9-6-13-9)2-10-3-8-5-12-8;/h7-14,22,27H,3-6,15-21H2,1-2H3;17-18H,7-16H2,1-6H3;7-9H,2-6H2,1H3;1H4. The fourth-order valence-electron chi connectivity index (χ4n) is 8.14. The molecule has 6 atom stereocenters. The maximum absolute atomic E-state index is 6.63. The van der Waals surface area contributed by atoms with E-state index in [4.69, 9.17) is 69.8 Å². The van der Waals surface area contributed by atoms with Crippen molar-refractivity contribution in [3.8, 4) is 11.5 Å². The molecule has 6 unspecified atom stereocenters. The van der Waals surface area contributed by atoms with Crippen molar-refractivity contribution in [3.63, 3.8) is 0 Å². The second-order valence-corrected chi connectivity index (χ2v) is 35.1. The van der Waals surface area contributed by atoms with Crippen molar-refractivity contribution in [2.24, 2.45) is 5.92 Å². The van der Waals surface area contributed by atoms with Gasteiger partial charge >= 0.3 is 8.56 Å². The van der Waals surface area contributed by atoms with Gasteiger partial charge in [-0.3, -0.25) is 0 Å². The molecular formula is C56H98O15Si3. The average Bonchev–Trinajstić information content (AvgIpc) is 4.12. The molecule has 8 rings (SSSR count). The van der Waals surface area contributed by atoms with Gasteiger partial charge in [-0.25, -0.2) is 0 Å². The maximum Gasteiger partial charge on any atom is 0.311 e. The molecule has 1 saturated carbocycles. The van der Waals surface area contributed by atoms with Crippen LogP contribution in [0.1, 0.15) is 77.8 Å². The van der Waals surface area contributed by atoms with Crippen molar-refractivity contribution >= 4 is 25.2 Å². The SMILES string of the molecule is C.CC(C)(c1ccc(OCCCOCC2CC2)cc1)c1ccc(OCCCOCC2CO2)cc1.CC(COCC1CO1)OCC1CO1.C[Si](C)(CCCOCC1CO1)O[Si](C)(C)O[Si](C)(C)CCCOCC1CO1. The Morgan fingerprint density at radius 3 is 1.22 bits per heavy atom. The van der Waals surface area contributed by atoms with Gasteiger partial charge in [0.05, 0.1) is 92.0 Å². The van der Waals surface area contributed by atoms with Gasteiger partial charge in [0.1, 0.15) is 42.0 Å². The summed E-state index contributed by atoms with van der Waals surface area (Å²) in [5.74, 6) is 2.63. The summed E-state index contributed by atoms with van der Waals surface area (Å²) < 4.78 is 83.9. The maximum atomic E-state index is 6.63. The fourth-order valence-corrected chi connectivity index (χ4v) is 22.1. The number of hydrogen-bond donors (Lipinski definition) is 0. The summed E-state index contributed by atoms with van der Waals surface area (Å²) in [5.41, 5.74) is 2.41. The van der Waals surface area contributed by atoms with Crippen LogP contribution in [0, 0.1) is 5.92 Å². The van der Waals surface area contributed by atoms with Gasteiger partial charge in [-0.05, 0) is 125 Å². The summed E-state index contributed by atoms with van der Waals surface area (Å²) in [6.07, 6.45) is 8.46. The molecular weight excluding hydrogens is 997 g/mol. The summed E-state index contributed by atoms with van der Waals surface area (Å²) in [7, 11) is -5.61. The summed E-state index contributed by atoms with van der Waals surface area (Å²) in [6.45, 7) is 34.0. The van der Waals surface area contributed by atoms with Crippen molar-refractivity contribution in [1.29, 1.82) is 0 Å². The van der Waals surface area contributed by atoms with E-state index in [1.54, 1.807) is 0 Å². The Hall–Kier alpha value is -1.83. The van der Waals surface area contributed by atoms with Crippen LogP contribution in [0.3, 0.4) is 0 Å². The van der Waals surface area contributed by atoms with E-state index in [-0.39, 0.29) is 18.9 Å². The van der Waals surface area contributed by atoms with Crippen LogP contribution < -0.4 is 9.47 Å². The van der Waals surface area contributed by atoms with E-state index in [9.17, 15) is 0 Å². The third-order valence-corrected chi connectivity index (χ3v) is 24.4. The van der Waals surface area contributed by atoms with Gasteiger partial charge in [0.15, 0.2) is 16.6 Å². The van der Waals surface area contributed by atoms with Gasteiger partial charge in [0.25, 0.3) is 0 Å². The predicted octanol–water partition coefficient (Wildman–Crippen LogP) is 9.98. The molecule has 0 amide bonds. The van der Waals surface area contributed by atoms with Crippen LogP contribution >= 0.6 is 0 Å². The fraction of sp³-hybridized carbons (Fsp3) is 0.786. The van der Waals surface area contributed by atoms with E-state index >= 15 is 0 Å². The molecule has 1 aliphatic carbocycles. The first-order valence-electron chi connectivity index (χ1n) is 27.5. The second kappa shape index (κ2) is 32.3. The number of hydrogen-bond acceptors (Lipinski definition) is 15. The summed E-state index contributed by atoms with van der Waals surface area (Å²) in [4.78, 5) is 0. The zero-order chi connectivity index (χ0) is 52.0. The Morgan fingerprint density at radius 1 is 0.486 bits per heavy atom. The van der Waals surface area contributed by atoms with Crippen LogP contribution in [-0.2, 0) is 65.8 Å². The zero-order valence-electron chi connectivity index (χ0n) is 46.2. The Morgan fingerprint density at radius 2 is 0.838 bits per heavy atom. The van der Waals surface area contributed by atoms with Crippen molar-refractivity contribution < 1.29 is 69.8 Å². The second-order valence-electron chi connectivity index (χ2n) is 22.6. The minimum atomic E-state index is -2.13. The Labute approximate surface area is 449 Å². The molecule has 18 heteroatoms. The molecule has 0 N–H and O–H groups in total. The Kier molecular flexibility index (Phi) is 27.5. The van der Waals surface area contributed by atoms with Gasteiger partial charge in [-0.2, -0.15) is 0 Å². The van der Waals surface area contributed by atoms with Crippen molar-refractivity contribution in [2.75, 3.05) is 119 Å². The number of rotatable bonds is 39. The molecule has 15 nitrogen and oxygen atoms in total. The third-order valence-electron chi connectivity index (χ3n) is 12.9. The quantitative estimate of drug-likeness (QED) is 0.0354. The van der Waals surface area contributed by atoms with E-state index in [2.05, 4.69) is 102 Å². The smallest absolute Gasteiger partial charge is 0.311 e. The first-order valence-corrected chi connectivity index (χ1v) is 36.5. The lowest BCUT2D eigenvalue weighted by molar-refractivity contribution is -0.0146. The van der Waals surface area contributed by atoms with Crippen LogP contribution in [0.15, 0.2) is 48.5 Å². The molecule has 74 heavy (non-hydrogen) atoms. The number of ether oxygens (including phenoxy) is 13. The molecule has 6 fully saturated rings. The minimum Gasteiger partial charge on any atom is -0.494 e. The van der Waals surface area contributed by atoms with Crippen LogP contribution in [0.2, 0.25) is 51.4 Å². The summed E-state index contributed by atoms with van der Waals surface area (Å²) in [6, 6.07) is 19.1. The average molecular weight is 1100 g/mol. The molecule has 5 aliphatic heterocycles.